The predicted octanol–water partition coefficient (Wildman–Crippen LogP) is 2.25. The van der Waals surface area contributed by atoms with Crippen molar-refractivity contribution in [3.63, 3.8) is 0 Å². The number of para-hydroxylation sites is 2. The van der Waals surface area contributed by atoms with Gasteiger partial charge in [0, 0.05) is 0 Å². The number of nitrogens with one attached hydrogen (secondary N) is 2. The summed E-state index contributed by atoms with van der Waals surface area (Å²) in [6, 6.07) is 8.31. The van der Waals surface area contributed by atoms with E-state index >= 15 is 0 Å². The Morgan fingerprint density at radius 2 is 2.05 bits per heavy atom. The van der Waals surface area contributed by atoms with E-state index in [-0.39, 0.29) is 5.03 Å². The van der Waals surface area contributed by atoms with Crippen molar-refractivity contribution in [1.29, 1.82) is 0 Å². The monoisotopic (exact) mass is 295 g/mol. The highest BCUT2D eigenvalue weighted by Gasteiger charge is 2.17. The minimum absolute atomic E-state index is 0.0103. The van der Waals surface area contributed by atoms with E-state index in [0.717, 1.165) is 0 Å². The Labute approximate surface area is 118 Å². The quantitative estimate of drug-likeness (QED) is 0.856. The number of anilines is 1. The maximum atomic E-state index is 12.1. The fraction of sp³-hybridized carbons (Fsp3) is 0.308. The summed E-state index contributed by atoms with van der Waals surface area (Å²) >= 11 is 0. The Kier molecular flexibility index (Phi) is 4.29. The smallest absolute Gasteiger partial charge is 0.278 e. The molecule has 0 aliphatic rings. The second-order valence-electron chi connectivity index (χ2n) is 4.73. The van der Waals surface area contributed by atoms with Crippen molar-refractivity contribution in [2.24, 2.45) is 5.92 Å². The van der Waals surface area contributed by atoms with Crippen molar-refractivity contribution in [1.82, 2.24) is 10.2 Å². The lowest BCUT2D eigenvalue weighted by Gasteiger charge is -2.14. The maximum Gasteiger partial charge on any atom is 0.278 e. The third kappa shape index (κ3) is 3.51. The van der Waals surface area contributed by atoms with Crippen LogP contribution in [0.3, 0.4) is 0 Å². The highest BCUT2D eigenvalue weighted by molar-refractivity contribution is 7.92. The molecule has 0 aliphatic heterocycles. The number of benzene rings is 1. The molecule has 6 nitrogen and oxygen atoms in total. The Hall–Kier alpha value is -2.02. The van der Waals surface area contributed by atoms with Gasteiger partial charge in [-0.3, -0.25) is 9.82 Å². The van der Waals surface area contributed by atoms with E-state index in [9.17, 15) is 8.42 Å². The van der Waals surface area contributed by atoms with Gasteiger partial charge in [0.25, 0.3) is 10.0 Å². The second kappa shape index (κ2) is 5.96. The van der Waals surface area contributed by atoms with Gasteiger partial charge >= 0.3 is 0 Å². The fourth-order valence-electron chi connectivity index (χ4n) is 1.53. The van der Waals surface area contributed by atoms with Crippen LogP contribution in [-0.4, -0.2) is 25.2 Å². The Morgan fingerprint density at radius 1 is 1.30 bits per heavy atom. The topological polar surface area (TPSA) is 84.1 Å². The molecule has 2 rings (SSSR count). The van der Waals surface area contributed by atoms with E-state index in [0.29, 0.717) is 24.0 Å². The van der Waals surface area contributed by atoms with E-state index in [4.69, 9.17) is 4.74 Å². The zero-order valence-electron chi connectivity index (χ0n) is 11.3. The van der Waals surface area contributed by atoms with Crippen LogP contribution >= 0.6 is 0 Å². The average Bonchev–Trinajstić information content (AvgIpc) is 2.92. The second-order valence-corrected chi connectivity index (χ2v) is 6.38. The number of aromatic amines is 1. The first-order valence-electron chi connectivity index (χ1n) is 6.23. The van der Waals surface area contributed by atoms with Crippen LogP contribution in [0.1, 0.15) is 13.8 Å². The van der Waals surface area contributed by atoms with Gasteiger partial charge in [-0.25, -0.2) is 0 Å². The molecule has 7 heteroatoms. The van der Waals surface area contributed by atoms with Gasteiger partial charge in [0.05, 0.1) is 18.5 Å². The Balaban J connectivity index is 2.21. The van der Waals surface area contributed by atoms with Crippen LogP contribution in [0, 0.1) is 5.92 Å². The van der Waals surface area contributed by atoms with Crippen molar-refractivity contribution in [2.45, 2.75) is 18.9 Å². The van der Waals surface area contributed by atoms with Crippen LogP contribution in [0.25, 0.3) is 0 Å². The molecule has 20 heavy (non-hydrogen) atoms. The summed E-state index contributed by atoms with van der Waals surface area (Å²) in [6.45, 7) is 4.57. The molecular formula is C13H17N3O3S. The molecule has 1 heterocycles. The van der Waals surface area contributed by atoms with Crippen LogP contribution in [0.2, 0.25) is 0 Å². The van der Waals surface area contributed by atoms with Crippen LogP contribution in [0.5, 0.6) is 5.75 Å². The molecule has 2 N–H and O–H groups in total. The molecule has 1 aromatic heterocycles. The molecular weight excluding hydrogens is 278 g/mol. The molecule has 0 atom stereocenters. The molecule has 108 valence electrons. The average molecular weight is 295 g/mol. The predicted molar refractivity (Wildman–Crippen MR) is 76.2 cm³/mol. The van der Waals surface area contributed by atoms with Gasteiger partial charge in [0.15, 0.2) is 5.03 Å². The van der Waals surface area contributed by atoms with Gasteiger partial charge in [-0.15, -0.1) is 0 Å². The first-order chi connectivity index (χ1) is 9.49. The molecule has 0 saturated heterocycles. The number of hydrogen-bond acceptors (Lipinski definition) is 4. The zero-order valence-corrected chi connectivity index (χ0v) is 12.1. The number of rotatable bonds is 6. The van der Waals surface area contributed by atoms with Crippen molar-refractivity contribution >= 4 is 15.7 Å². The van der Waals surface area contributed by atoms with Crippen LogP contribution in [0.4, 0.5) is 5.69 Å². The van der Waals surface area contributed by atoms with Gasteiger partial charge in [-0.05, 0) is 24.1 Å². The van der Waals surface area contributed by atoms with Crippen molar-refractivity contribution < 1.29 is 13.2 Å². The third-order valence-electron chi connectivity index (χ3n) is 2.47. The largest absolute Gasteiger partial charge is 0.491 e. The van der Waals surface area contributed by atoms with Crippen molar-refractivity contribution in [2.75, 3.05) is 11.3 Å². The molecule has 0 bridgehead atoms. The number of ether oxygens (including phenoxy) is 1. The summed E-state index contributed by atoms with van der Waals surface area (Å²) in [5, 5.41) is 6.07. The van der Waals surface area contributed by atoms with Crippen molar-refractivity contribution in [3.8, 4) is 5.75 Å². The van der Waals surface area contributed by atoms with E-state index in [1.807, 2.05) is 13.8 Å². The molecule has 0 aliphatic carbocycles. The molecule has 0 saturated carbocycles. The Bertz CT molecular complexity index is 651. The summed E-state index contributed by atoms with van der Waals surface area (Å²) in [6.07, 6.45) is 1.38. The van der Waals surface area contributed by atoms with Gasteiger partial charge in [0.2, 0.25) is 0 Å². The van der Waals surface area contributed by atoms with E-state index in [2.05, 4.69) is 14.9 Å². The van der Waals surface area contributed by atoms with Crippen LogP contribution in [-0.2, 0) is 10.0 Å². The summed E-state index contributed by atoms with van der Waals surface area (Å²) in [5.41, 5.74) is 0.405. The van der Waals surface area contributed by atoms with Gasteiger partial charge in [-0.1, -0.05) is 26.0 Å². The van der Waals surface area contributed by atoms with Gasteiger partial charge < -0.3 is 4.74 Å². The van der Waals surface area contributed by atoms with Crippen LogP contribution < -0.4 is 9.46 Å². The number of hydrogen-bond donors (Lipinski definition) is 2. The minimum atomic E-state index is -3.68. The minimum Gasteiger partial charge on any atom is -0.491 e. The number of aromatic nitrogens is 2. The normalized spacial score (nSPS) is 11.6. The third-order valence-corrected chi connectivity index (χ3v) is 3.76. The number of nitrogens with zero attached hydrogens (tertiary/aromatic N) is 1. The number of H-pyrrole nitrogens is 1. The lowest BCUT2D eigenvalue weighted by molar-refractivity contribution is 0.272. The zero-order chi connectivity index (χ0) is 14.6. The first kappa shape index (κ1) is 14.4. The highest BCUT2D eigenvalue weighted by Crippen LogP contribution is 2.26. The van der Waals surface area contributed by atoms with Gasteiger partial charge in [0.1, 0.15) is 5.75 Å². The molecule has 0 fully saturated rings. The summed E-state index contributed by atoms with van der Waals surface area (Å²) < 4.78 is 32.3. The molecule has 0 amide bonds. The first-order valence-corrected chi connectivity index (χ1v) is 7.71. The molecule has 1 aromatic carbocycles. The lowest BCUT2D eigenvalue weighted by Crippen LogP contribution is -2.15. The van der Waals surface area contributed by atoms with Crippen molar-refractivity contribution in [3.05, 3.63) is 36.5 Å². The van der Waals surface area contributed by atoms with E-state index < -0.39 is 10.0 Å². The molecule has 0 spiro atoms. The lowest BCUT2D eigenvalue weighted by atomic mass is 10.2. The fourth-order valence-corrected chi connectivity index (χ4v) is 2.51. The standard InChI is InChI=1S/C13H17N3O3S/c1-10(2)9-19-12-6-4-3-5-11(12)16-20(17,18)13-7-8-14-15-13/h3-8,10,16H,9H2,1-2H3,(H,14,15). The van der Waals surface area contributed by atoms with Gasteiger partial charge in [-0.2, -0.15) is 13.5 Å². The highest BCUT2D eigenvalue weighted by atomic mass is 32.2. The molecule has 2 aromatic rings. The van der Waals surface area contributed by atoms with E-state index in [1.54, 1.807) is 24.3 Å². The summed E-state index contributed by atoms with van der Waals surface area (Å²) in [4.78, 5) is 0. The number of sulfonamides is 1. The van der Waals surface area contributed by atoms with E-state index in [1.165, 1.54) is 12.3 Å². The summed E-state index contributed by atoms with van der Waals surface area (Å²) in [5.74, 6) is 0.858. The summed E-state index contributed by atoms with van der Waals surface area (Å²) in [7, 11) is -3.68. The Morgan fingerprint density at radius 3 is 2.70 bits per heavy atom. The molecule has 0 radical (unpaired) electrons. The molecule has 0 unspecified atom stereocenters. The van der Waals surface area contributed by atoms with Crippen LogP contribution in [0.15, 0.2) is 41.6 Å². The maximum absolute atomic E-state index is 12.1. The SMILES string of the molecule is CC(C)COc1ccccc1NS(=O)(=O)c1ccn[nH]1.